The van der Waals surface area contributed by atoms with Gasteiger partial charge in [-0.15, -0.1) is 0 Å². The fourth-order valence-corrected chi connectivity index (χ4v) is 2.07. The van der Waals surface area contributed by atoms with Crippen LogP contribution in [0.25, 0.3) is 0 Å². The summed E-state index contributed by atoms with van der Waals surface area (Å²) < 4.78 is 13.0. The van der Waals surface area contributed by atoms with Crippen molar-refractivity contribution in [2.45, 2.75) is 26.2 Å². The quantitative estimate of drug-likeness (QED) is 0.653. The van der Waals surface area contributed by atoms with Crippen molar-refractivity contribution in [2.75, 3.05) is 13.1 Å². The molecule has 0 aliphatic heterocycles. The van der Waals surface area contributed by atoms with Crippen molar-refractivity contribution in [1.29, 1.82) is 0 Å². The van der Waals surface area contributed by atoms with Crippen molar-refractivity contribution in [1.82, 2.24) is 5.32 Å². The van der Waals surface area contributed by atoms with Gasteiger partial charge in [-0.3, -0.25) is 4.99 Å². The summed E-state index contributed by atoms with van der Waals surface area (Å²) >= 11 is 6.06. The molecule has 1 aromatic rings. The SMILES string of the molecule is CCNC(N)=NCC(C)(C)c1ccc(F)cc1Cl. The Morgan fingerprint density at radius 2 is 2.17 bits per heavy atom. The molecule has 0 amide bonds. The molecule has 0 bridgehead atoms. The summed E-state index contributed by atoms with van der Waals surface area (Å²) in [7, 11) is 0. The Balaban J connectivity index is 2.89. The summed E-state index contributed by atoms with van der Waals surface area (Å²) in [4.78, 5) is 4.26. The van der Waals surface area contributed by atoms with Crippen LogP contribution in [-0.4, -0.2) is 19.0 Å². The first-order valence-corrected chi connectivity index (χ1v) is 6.24. The van der Waals surface area contributed by atoms with Gasteiger partial charge in [-0.05, 0) is 24.6 Å². The molecule has 0 heterocycles. The summed E-state index contributed by atoms with van der Waals surface area (Å²) in [6, 6.07) is 4.41. The van der Waals surface area contributed by atoms with Crippen LogP contribution in [0.1, 0.15) is 26.3 Å². The van der Waals surface area contributed by atoms with Gasteiger partial charge < -0.3 is 11.1 Å². The van der Waals surface area contributed by atoms with E-state index in [9.17, 15) is 4.39 Å². The number of aliphatic imine (C=N–C) groups is 1. The van der Waals surface area contributed by atoms with Crippen molar-refractivity contribution in [2.24, 2.45) is 10.7 Å². The Morgan fingerprint density at radius 3 is 2.72 bits per heavy atom. The maximum Gasteiger partial charge on any atom is 0.188 e. The fourth-order valence-electron chi connectivity index (χ4n) is 1.64. The molecule has 0 unspecified atom stereocenters. The molecule has 0 atom stereocenters. The number of nitrogens with zero attached hydrogens (tertiary/aromatic N) is 1. The first kappa shape index (κ1) is 14.8. The number of guanidine groups is 1. The van der Waals surface area contributed by atoms with Gasteiger partial charge in [-0.25, -0.2) is 4.39 Å². The maximum absolute atomic E-state index is 13.0. The summed E-state index contributed by atoms with van der Waals surface area (Å²) in [5.74, 6) is 0.0685. The minimum atomic E-state index is -0.338. The lowest BCUT2D eigenvalue weighted by Gasteiger charge is -2.24. The van der Waals surface area contributed by atoms with Crippen molar-refractivity contribution < 1.29 is 4.39 Å². The van der Waals surface area contributed by atoms with E-state index in [2.05, 4.69) is 10.3 Å². The van der Waals surface area contributed by atoms with Gasteiger partial charge in [0, 0.05) is 17.0 Å². The van der Waals surface area contributed by atoms with Gasteiger partial charge in [-0.2, -0.15) is 0 Å². The minimum absolute atomic E-state index is 0.301. The lowest BCUT2D eigenvalue weighted by molar-refractivity contribution is 0.536. The smallest absolute Gasteiger partial charge is 0.188 e. The highest BCUT2D eigenvalue weighted by Crippen LogP contribution is 2.30. The Morgan fingerprint density at radius 1 is 1.50 bits per heavy atom. The zero-order valence-electron chi connectivity index (χ0n) is 10.9. The van der Waals surface area contributed by atoms with Crippen LogP contribution in [0.5, 0.6) is 0 Å². The van der Waals surface area contributed by atoms with Crippen LogP contribution in [0, 0.1) is 5.82 Å². The molecule has 1 aromatic carbocycles. The molecule has 1 rings (SSSR count). The molecule has 0 spiro atoms. The van der Waals surface area contributed by atoms with E-state index in [-0.39, 0.29) is 11.2 Å². The highest BCUT2D eigenvalue weighted by molar-refractivity contribution is 6.31. The number of benzene rings is 1. The Labute approximate surface area is 112 Å². The van der Waals surface area contributed by atoms with Gasteiger partial charge in [-0.1, -0.05) is 31.5 Å². The van der Waals surface area contributed by atoms with Crippen molar-refractivity contribution in [3.63, 3.8) is 0 Å². The second kappa shape index (κ2) is 6.05. The third-order valence-corrected chi connectivity index (χ3v) is 2.98. The van der Waals surface area contributed by atoms with Crippen LogP contribution in [-0.2, 0) is 5.41 Å². The standard InChI is InChI=1S/C13H19ClFN3/c1-4-17-12(16)18-8-13(2,3)10-6-5-9(15)7-11(10)14/h5-7H,4,8H2,1-3H3,(H3,16,17,18). The lowest BCUT2D eigenvalue weighted by Crippen LogP contribution is -2.33. The number of hydrogen-bond donors (Lipinski definition) is 2. The van der Waals surface area contributed by atoms with Gasteiger partial charge >= 0.3 is 0 Å². The van der Waals surface area contributed by atoms with E-state index < -0.39 is 0 Å². The molecular weight excluding hydrogens is 253 g/mol. The second-order valence-corrected chi connectivity index (χ2v) is 5.15. The van der Waals surface area contributed by atoms with Gasteiger partial charge in [0.2, 0.25) is 0 Å². The lowest BCUT2D eigenvalue weighted by atomic mass is 9.84. The highest BCUT2D eigenvalue weighted by Gasteiger charge is 2.23. The predicted molar refractivity (Wildman–Crippen MR) is 74.6 cm³/mol. The molecule has 100 valence electrons. The third-order valence-electron chi connectivity index (χ3n) is 2.66. The fraction of sp³-hybridized carbons (Fsp3) is 0.462. The first-order valence-electron chi connectivity index (χ1n) is 5.86. The molecular formula is C13H19ClFN3. The van der Waals surface area contributed by atoms with Crippen molar-refractivity contribution in [3.05, 3.63) is 34.6 Å². The Bertz CT molecular complexity index is 444. The minimum Gasteiger partial charge on any atom is -0.370 e. The molecule has 0 aliphatic rings. The molecule has 3 nitrogen and oxygen atoms in total. The normalized spacial score (nSPS) is 12.6. The summed E-state index contributed by atoms with van der Waals surface area (Å²) in [5, 5.41) is 3.34. The number of rotatable bonds is 4. The van der Waals surface area contributed by atoms with Gasteiger partial charge in [0.25, 0.3) is 0 Å². The number of nitrogens with one attached hydrogen (secondary N) is 1. The molecule has 5 heteroatoms. The van der Waals surface area contributed by atoms with E-state index in [1.54, 1.807) is 6.07 Å². The predicted octanol–water partition coefficient (Wildman–Crippen LogP) is 2.68. The molecule has 0 radical (unpaired) electrons. The van der Waals surface area contributed by atoms with E-state index in [0.717, 1.165) is 12.1 Å². The van der Waals surface area contributed by atoms with Crippen LogP contribution in [0.15, 0.2) is 23.2 Å². The third kappa shape index (κ3) is 3.88. The molecule has 0 aromatic heterocycles. The van der Waals surface area contributed by atoms with Gasteiger partial charge in [0.1, 0.15) is 5.82 Å². The maximum atomic E-state index is 13.0. The topological polar surface area (TPSA) is 50.4 Å². The average molecular weight is 272 g/mol. The summed E-state index contributed by atoms with van der Waals surface area (Å²) in [6.07, 6.45) is 0. The zero-order valence-corrected chi connectivity index (χ0v) is 11.7. The molecule has 0 saturated carbocycles. The molecule has 18 heavy (non-hydrogen) atoms. The number of hydrogen-bond acceptors (Lipinski definition) is 1. The van der Waals surface area contributed by atoms with E-state index in [4.69, 9.17) is 17.3 Å². The van der Waals surface area contributed by atoms with E-state index in [1.165, 1.54) is 12.1 Å². The number of halogens is 2. The van der Waals surface area contributed by atoms with Crippen LogP contribution in [0.3, 0.4) is 0 Å². The Kier molecular flexibility index (Phi) is 4.96. The van der Waals surface area contributed by atoms with Gasteiger partial charge in [0.15, 0.2) is 5.96 Å². The highest BCUT2D eigenvalue weighted by atomic mass is 35.5. The van der Waals surface area contributed by atoms with Crippen LogP contribution >= 0.6 is 11.6 Å². The van der Waals surface area contributed by atoms with E-state index in [0.29, 0.717) is 17.5 Å². The van der Waals surface area contributed by atoms with Crippen molar-refractivity contribution in [3.8, 4) is 0 Å². The van der Waals surface area contributed by atoms with Gasteiger partial charge in [0.05, 0.1) is 6.54 Å². The van der Waals surface area contributed by atoms with Crippen LogP contribution in [0.4, 0.5) is 4.39 Å². The zero-order chi connectivity index (χ0) is 13.8. The van der Waals surface area contributed by atoms with Crippen molar-refractivity contribution >= 4 is 17.6 Å². The number of nitrogens with two attached hydrogens (primary N) is 1. The van der Waals surface area contributed by atoms with E-state index in [1.807, 2.05) is 20.8 Å². The Hall–Kier alpha value is -1.29. The average Bonchev–Trinajstić information content (AvgIpc) is 2.26. The van der Waals surface area contributed by atoms with Crippen LogP contribution in [0.2, 0.25) is 5.02 Å². The summed E-state index contributed by atoms with van der Waals surface area (Å²) in [5.41, 5.74) is 6.24. The molecule has 0 aliphatic carbocycles. The second-order valence-electron chi connectivity index (χ2n) is 4.74. The monoisotopic (exact) mass is 271 g/mol. The molecule has 0 fully saturated rings. The summed E-state index contributed by atoms with van der Waals surface area (Å²) in [6.45, 7) is 7.15. The first-order chi connectivity index (χ1) is 8.36. The largest absolute Gasteiger partial charge is 0.370 e. The molecule has 3 N–H and O–H groups in total. The van der Waals surface area contributed by atoms with Crippen LogP contribution < -0.4 is 11.1 Å². The van der Waals surface area contributed by atoms with E-state index >= 15 is 0 Å². The molecule has 0 saturated heterocycles.